The Bertz CT molecular complexity index is 1730. The normalized spacial score (nSPS) is 15.1. The number of hydrogen-bond acceptors (Lipinski definition) is 5. The minimum atomic E-state index is -2.86. The van der Waals surface area contributed by atoms with Gasteiger partial charge >= 0.3 is 0 Å². The number of alkyl halides is 2. The summed E-state index contributed by atoms with van der Waals surface area (Å²) in [5, 5.41) is 14.0. The molecule has 4 aromatic rings. The van der Waals surface area contributed by atoms with Crippen molar-refractivity contribution in [1.82, 2.24) is 24.6 Å². The first-order chi connectivity index (χ1) is 20.9. The second kappa shape index (κ2) is 12.7. The number of halogens is 3. The van der Waals surface area contributed by atoms with Crippen LogP contribution in [0.2, 0.25) is 5.02 Å². The maximum absolute atomic E-state index is 13.5. The van der Waals surface area contributed by atoms with Crippen LogP contribution in [0.1, 0.15) is 44.7 Å². The number of rotatable bonds is 10. The van der Waals surface area contributed by atoms with Crippen LogP contribution in [0.4, 0.5) is 14.5 Å². The quantitative estimate of drug-likeness (QED) is 0.238. The Hall–Kier alpha value is -4.38. The molecular weight excluding hydrogens is 590 g/mol. The van der Waals surface area contributed by atoms with Crippen LogP contribution in [0.15, 0.2) is 71.9 Å². The van der Waals surface area contributed by atoms with Crippen LogP contribution in [-0.4, -0.2) is 43.1 Å². The van der Waals surface area contributed by atoms with Crippen LogP contribution >= 0.6 is 11.6 Å². The van der Waals surface area contributed by atoms with Gasteiger partial charge in [-0.05, 0) is 85.8 Å². The lowest BCUT2D eigenvalue weighted by molar-refractivity contribution is -0.151. The lowest BCUT2D eigenvalue weighted by atomic mass is 9.80. The third-order valence-electron chi connectivity index (χ3n) is 7.79. The predicted octanol–water partition coefficient (Wildman–Crippen LogP) is 5.65. The first-order valence-electron chi connectivity index (χ1n) is 14.3. The molecule has 2 N–H and O–H groups in total. The highest BCUT2D eigenvalue weighted by atomic mass is 35.5. The zero-order valence-corrected chi connectivity index (χ0v) is 25.3. The third-order valence-corrected chi connectivity index (χ3v) is 8.16. The summed E-state index contributed by atoms with van der Waals surface area (Å²) < 4.78 is 30.4. The Morgan fingerprint density at radius 2 is 1.73 bits per heavy atom. The lowest BCUT2D eigenvalue weighted by Crippen LogP contribution is -2.51. The molecular formula is C32H33ClF2N6O3. The van der Waals surface area contributed by atoms with Crippen LogP contribution in [0, 0.1) is 5.92 Å². The van der Waals surface area contributed by atoms with Gasteiger partial charge in [-0.1, -0.05) is 17.7 Å². The summed E-state index contributed by atoms with van der Waals surface area (Å²) in [7, 11) is 1.82. The Morgan fingerprint density at radius 1 is 1.05 bits per heavy atom. The Kier molecular flexibility index (Phi) is 8.96. The van der Waals surface area contributed by atoms with E-state index in [-0.39, 0.29) is 18.0 Å². The molecule has 0 bridgehead atoms. The monoisotopic (exact) mass is 622 g/mol. The second-order valence-corrected chi connectivity index (χ2v) is 11.9. The number of amides is 2. The molecule has 1 atom stereocenters. The summed E-state index contributed by atoms with van der Waals surface area (Å²) in [6, 6.07) is 14.7. The summed E-state index contributed by atoms with van der Waals surface area (Å²) in [6.45, 7) is 3.85. The summed E-state index contributed by atoms with van der Waals surface area (Å²) in [6.07, 6.45) is 2.79. The lowest BCUT2D eigenvalue weighted by Gasteiger charge is -2.34. The zero-order chi connectivity index (χ0) is 31.6. The van der Waals surface area contributed by atoms with Gasteiger partial charge in [0.05, 0.1) is 0 Å². The number of carbonyl (C=O) groups excluding carboxylic acids is 2. The van der Waals surface area contributed by atoms with E-state index in [1.807, 2.05) is 33.0 Å². The fraction of sp³-hybridized carbons (Fsp3) is 0.344. The van der Waals surface area contributed by atoms with E-state index >= 15 is 0 Å². The highest BCUT2D eigenvalue weighted by Crippen LogP contribution is 2.42. The maximum atomic E-state index is 13.5. The van der Waals surface area contributed by atoms with Crippen molar-refractivity contribution in [2.75, 3.05) is 5.32 Å². The van der Waals surface area contributed by atoms with E-state index in [2.05, 4.69) is 20.8 Å². The first kappa shape index (κ1) is 31.1. The molecule has 12 heteroatoms. The molecule has 1 fully saturated rings. The Morgan fingerprint density at radius 3 is 2.36 bits per heavy atom. The van der Waals surface area contributed by atoms with E-state index in [0.29, 0.717) is 23.0 Å². The standard InChI is InChI=1S/C32H33ClF2N6O3/c1-19(2)41-17-23(8-13-28(41)42)21-6-11-26(33)22(14-21)7-12-27(38-30(43)24-15-32(34,35)16-24)31(44)37-25-9-4-20(5-10-25)29-39-36-18-40(29)3/h4-6,8-11,13-14,17-19,24,27H,7,12,15-16H2,1-3H3,(H,37,44)(H,38,43)/t27-/m0/s1. The average molecular weight is 623 g/mol. The minimum Gasteiger partial charge on any atom is -0.344 e. The predicted molar refractivity (Wildman–Crippen MR) is 165 cm³/mol. The molecule has 0 aliphatic heterocycles. The number of hydrogen-bond donors (Lipinski definition) is 2. The van der Waals surface area contributed by atoms with Crippen LogP contribution in [0.3, 0.4) is 0 Å². The van der Waals surface area contributed by atoms with Crippen molar-refractivity contribution in [2.24, 2.45) is 13.0 Å². The Balaban J connectivity index is 1.33. The highest BCUT2D eigenvalue weighted by Gasteiger charge is 2.49. The molecule has 0 radical (unpaired) electrons. The van der Waals surface area contributed by atoms with Crippen LogP contribution in [-0.2, 0) is 23.1 Å². The topological polar surface area (TPSA) is 111 Å². The van der Waals surface area contributed by atoms with Crippen molar-refractivity contribution in [3.8, 4) is 22.5 Å². The van der Waals surface area contributed by atoms with Crippen molar-refractivity contribution >= 4 is 29.1 Å². The summed E-state index contributed by atoms with van der Waals surface area (Å²) in [5.74, 6) is -4.12. The number of aromatic nitrogens is 4. The molecule has 2 aromatic carbocycles. The molecule has 0 saturated heterocycles. The summed E-state index contributed by atoms with van der Waals surface area (Å²) in [4.78, 5) is 38.5. The van der Waals surface area contributed by atoms with Crippen LogP contribution in [0.5, 0.6) is 0 Å². The number of nitrogens with one attached hydrogen (secondary N) is 2. The van der Waals surface area contributed by atoms with E-state index < -0.39 is 42.5 Å². The first-order valence-corrected chi connectivity index (χ1v) is 14.7. The van der Waals surface area contributed by atoms with Gasteiger partial charge in [-0.25, -0.2) is 8.78 Å². The summed E-state index contributed by atoms with van der Waals surface area (Å²) in [5.41, 5.74) is 3.60. The second-order valence-electron chi connectivity index (χ2n) is 11.5. The fourth-order valence-electron chi connectivity index (χ4n) is 5.21. The van der Waals surface area contributed by atoms with Gasteiger partial charge in [0, 0.05) is 60.4 Å². The van der Waals surface area contributed by atoms with Crippen LogP contribution < -0.4 is 16.2 Å². The van der Waals surface area contributed by atoms with Crippen molar-refractivity contribution < 1.29 is 18.4 Å². The number of anilines is 1. The van der Waals surface area contributed by atoms with E-state index in [0.717, 1.165) is 22.3 Å². The van der Waals surface area contributed by atoms with Crippen molar-refractivity contribution in [2.45, 2.75) is 57.5 Å². The molecule has 1 aliphatic rings. The van der Waals surface area contributed by atoms with E-state index in [1.165, 1.54) is 6.07 Å². The van der Waals surface area contributed by atoms with Gasteiger partial charge in [0.1, 0.15) is 12.4 Å². The molecule has 0 unspecified atom stereocenters. The van der Waals surface area contributed by atoms with Crippen molar-refractivity contribution in [3.63, 3.8) is 0 Å². The number of aryl methyl sites for hydroxylation is 2. The number of carbonyl (C=O) groups is 2. The highest BCUT2D eigenvalue weighted by molar-refractivity contribution is 6.31. The average Bonchev–Trinajstić information content (AvgIpc) is 3.40. The molecule has 230 valence electrons. The van der Waals surface area contributed by atoms with Gasteiger partial charge < -0.3 is 19.8 Å². The van der Waals surface area contributed by atoms with Gasteiger partial charge in [-0.2, -0.15) is 0 Å². The smallest absolute Gasteiger partial charge is 0.250 e. The molecule has 5 rings (SSSR count). The minimum absolute atomic E-state index is 0.0178. The molecule has 1 saturated carbocycles. The van der Waals surface area contributed by atoms with Crippen molar-refractivity contribution in [1.29, 1.82) is 0 Å². The van der Waals surface area contributed by atoms with Gasteiger partial charge in [-0.3, -0.25) is 14.4 Å². The van der Waals surface area contributed by atoms with E-state index in [9.17, 15) is 23.2 Å². The summed E-state index contributed by atoms with van der Waals surface area (Å²) >= 11 is 6.53. The third kappa shape index (κ3) is 7.05. The van der Waals surface area contributed by atoms with Gasteiger partial charge in [-0.15, -0.1) is 10.2 Å². The molecule has 0 spiro atoms. The SMILES string of the molecule is CC(C)n1cc(-c2ccc(Cl)c(CC[C@H](NC(=O)C3CC(F)(F)C3)C(=O)Nc3ccc(-c4nncn4C)cc3)c2)ccc1=O. The molecule has 2 heterocycles. The Labute approximate surface area is 258 Å². The van der Waals surface area contributed by atoms with Crippen molar-refractivity contribution in [3.05, 3.63) is 88.1 Å². The fourth-order valence-corrected chi connectivity index (χ4v) is 5.42. The number of pyridine rings is 1. The van der Waals surface area contributed by atoms with Gasteiger partial charge in [0.25, 0.3) is 5.56 Å². The van der Waals surface area contributed by atoms with E-state index in [4.69, 9.17) is 11.6 Å². The van der Waals surface area contributed by atoms with Gasteiger partial charge in [0.2, 0.25) is 17.7 Å². The van der Waals surface area contributed by atoms with Crippen LogP contribution in [0.25, 0.3) is 22.5 Å². The molecule has 9 nitrogen and oxygen atoms in total. The molecule has 1 aliphatic carbocycles. The number of benzene rings is 2. The van der Waals surface area contributed by atoms with E-state index in [1.54, 1.807) is 58.1 Å². The molecule has 44 heavy (non-hydrogen) atoms. The number of nitrogens with zero attached hydrogens (tertiary/aromatic N) is 4. The van der Waals surface area contributed by atoms with Gasteiger partial charge in [0.15, 0.2) is 5.82 Å². The molecule has 2 amide bonds. The maximum Gasteiger partial charge on any atom is 0.250 e. The largest absolute Gasteiger partial charge is 0.344 e. The molecule has 2 aromatic heterocycles. The zero-order valence-electron chi connectivity index (χ0n) is 24.6.